The van der Waals surface area contributed by atoms with Crippen LogP contribution in [0.3, 0.4) is 0 Å². The number of likely N-dealkylation sites (N-methyl/N-ethyl adjacent to an activating group) is 1. The van der Waals surface area contributed by atoms with Crippen LogP contribution in [0, 0.1) is 13.8 Å². The van der Waals surface area contributed by atoms with Crippen LogP contribution in [0.4, 0.5) is 0 Å². The fourth-order valence-electron chi connectivity index (χ4n) is 3.10. The Morgan fingerprint density at radius 1 is 1.38 bits per heavy atom. The van der Waals surface area contributed by atoms with E-state index in [1.807, 2.05) is 38.1 Å². The predicted octanol–water partition coefficient (Wildman–Crippen LogP) is 2.67. The standard InChI is InChI=1S/C19H22N2O3/c1-12-10-20-15(13(2)18(12)23-4)11-21(3)19(22)17-9-14-7-5-6-8-16(14)24-17/h5-8,10,17H,9,11H2,1-4H3/t17-/m1/s1. The third kappa shape index (κ3) is 2.94. The minimum atomic E-state index is -0.458. The van der Waals surface area contributed by atoms with E-state index in [4.69, 9.17) is 9.47 Å². The molecule has 1 atom stereocenters. The highest BCUT2D eigenvalue weighted by Crippen LogP contribution is 2.29. The van der Waals surface area contributed by atoms with Gasteiger partial charge in [0, 0.05) is 30.8 Å². The van der Waals surface area contributed by atoms with Crippen molar-refractivity contribution < 1.29 is 14.3 Å². The quantitative estimate of drug-likeness (QED) is 0.867. The number of carbonyl (C=O) groups excluding carboxylic acids is 1. The van der Waals surface area contributed by atoms with Gasteiger partial charge in [0.2, 0.25) is 0 Å². The Morgan fingerprint density at radius 2 is 2.12 bits per heavy atom. The molecule has 2 aromatic rings. The van der Waals surface area contributed by atoms with Crippen LogP contribution in [-0.2, 0) is 17.8 Å². The summed E-state index contributed by atoms with van der Waals surface area (Å²) in [5.41, 5.74) is 3.87. The summed E-state index contributed by atoms with van der Waals surface area (Å²) in [4.78, 5) is 18.8. The van der Waals surface area contributed by atoms with Crippen molar-refractivity contribution in [3.8, 4) is 11.5 Å². The van der Waals surface area contributed by atoms with E-state index in [-0.39, 0.29) is 5.91 Å². The van der Waals surface area contributed by atoms with E-state index >= 15 is 0 Å². The van der Waals surface area contributed by atoms with Crippen LogP contribution >= 0.6 is 0 Å². The van der Waals surface area contributed by atoms with Gasteiger partial charge < -0.3 is 14.4 Å². The SMILES string of the molecule is COc1c(C)cnc(CN(C)C(=O)[C@H]2Cc3ccccc3O2)c1C. The Labute approximate surface area is 142 Å². The first-order chi connectivity index (χ1) is 11.5. The number of hydrogen-bond acceptors (Lipinski definition) is 4. The number of rotatable bonds is 4. The molecule has 5 heteroatoms. The lowest BCUT2D eigenvalue weighted by atomic mass is 10.1. The molecule has 1 aromatic carbocycles. The van der Waals surface area contributed by atoms with Gasteiger partial charge in [-0.05, 0) is 25.5 Å². The van der Waals surface area contributed by atoms with Gasteiger partial charge in [-0.1, -0.05) is 18.2 Å². The normalized spacial score (nSPS) is 15.6. The molecule has 5 nitrogen and oxygen atoms in total. The lowest BCUT2D eigenvalue weighted by molar-refractivity contribution is -0.137. The Balaban J connectivity index is 1.72. The molecule has 24 heavy (non-hydrogen) atoms. The Morgan fingerprint density at radius 3 is 2.83 bits per heavy atom. The molecule has 0 fully saturated rings. The van der Waals surface area contributed by atoms with Crippen molar-refractivity contribution in [1.82, 2.24) is 9.88 Å². The van der Waals surface area contributed by atoms with Gasteiger partial charge in [-0.3, -0.25) is 9.78 Å². The predicted molar refractivity (Wildman–Crippen MR) is 91.3 cm³/mol. The number of benzene rings is 1. The monoisotopic (exact) mass is 326 g/mol. The van der Waals surface area contributed by atoms with Crippen LogP contribution < -0.4 is 9.47 Å². The lowest BCUT2D eigenvalue weighted by Crippen LogP contribution is -2.38. The summed E-state index contributed by atoms with van der Waals surface area (Å²) >= 11 is 0. The summed E-state index contributed by atoms with van der Waals surface area (Å²) in [5.74, 6) is 1.59. The maximum absolute atomic E-state index is 12.7. The smallest absolute Gasteiger partial charge is 0.264 e. The first kappa shape index (κ1) is 16.3. The van der Waals surface area contributed by atoms with Crippen LogP contribution in [0.5, 0.6) is 11.5 Å². The molecule has 3 rings (SSSR count). The van der Waals surface area contributed by atoms with Gasteiger partial charge in [-0.2, -0.15) is 0 Å². The zero-order valence-corrected chi connectivity index (χ0v) is 14.5. The second-order valence-corrected chi connectivity index (χ2v) is 6.16. The van der Waals surface area contributed by atoms with Crippen LogP contribution in [0.25, 0.3) is 0 Å². The molecular formula is C19H22N2O3. The fraction of sp³-hybridized carbons (Fsp3) is 0.368. The van der Waals surface area contributed by atoms with E-state index in [1.165, 1.54) is 0 Å². The maximum atomic E-state index is 12.7. The van der Waals surface area contributed by atoms with Gasteiger partial charge in [0.25, 0.3) is 5.91 Å². The molecule has 0 saturated heterocycles. The minimum absolute atomic E-state index is 0.0352. The number of para-hydroxylation sites is 1. The van der Waals surface area contributed by atoms with E-state index in [1.54, 1.807) is 25.3 Å². The molecule has 0 spiro atoms. The lowest BCUT2D eigenvalue weighted by Gasteiger charge is -2.22. The van der Waals surface area contributed by atoms with Crippen LogP contribution in [0.1, 0.15) is 22.4 Å². The Kier molecular flexibility index (Phi) is 4.42. The average molecular weight is 326 g/mol. The van der Waals surface area contributed by atoms with Crippen LogP contribution in [0.2, 0.25) is 0 Å². The van der Waals surface area contributed by atoms with Crippen molar-refractivity contribution in [2.75, 3.05) is 14.2 Å². The number of fused-ring (bicyclic) bond motifs is 1. The zero-order chi connectivity index (χ0) is 17.3. The number of methoxy groups -OCH3 is 1. The Bertz CT molecular complexity index is 748. The van der Waals surface area contributed by atoms with Crippen LogP contribution in [0.15, 0.2) is 30.5 Å². The topological polar surface area (TPSA) is 51.7 Å². The maximum Gasteiger partial charge on any atom is 0.264 e. The first-order valence-electron chi connectivity index (χ1n) is 8.00. The third-order valence-corrected chi connectivity index (χ3v) is 4.44. The number of aromatic nitrogens is 1. The second kappa shape index (κ2) is 6.51. The molecule has 0 unspecified atom stereocenters. The molecule has 126 valence electrons. The molecule has 1 aliphatic heterocycles. The molecule has 1 aromatic heterocycles. The number of amides is 1. The summed E-state index contributed by atoms with van der Waals surface area (Å²) in [6.45, 7) is 4.35. The number of aryl methyl sites for hydroxylation is 1. The summed E-state index contributed by atoms with van der Waals surface area (Å²) in [6, 6.07) is 7.78. The molecular weight excluding hydrogens is 304 g/mol. The summed E-state index contributed by atoms with van der Waals surface area (Å²) < 4.78 is 11.2. The van der Waals surface area contributed by atoms with Gasteiger partial charge in [0.15, 0.2) is 6.10 Å². The van der Waals surface area contributed by atoms with Gasteiger partial charge in [-0.25, -0.2) is 0 Å². The second-order valence-electron chi connectivity index (χ2n) is 6.16. The van der Waals surface area contributed by atoms with Gasteiger partial charge in [0.05, 0.1) is 19.3 Å². The first-order valence-corrected chi connectivity index (χ1v) is 8.00. The third-order valence-electron chi connectivity index (χ3n) is 4.44. The highest BCUT2D eigenvalue weighted by molar-refractivity contribution is 5.82. The summed E-state index contributed by atoms with van der Waals surface area (Å²) in [7, 11) is 3.43. The van der Waals surface area contributed by atoms with Crippen molar-refractivity contribution in [3.05, 3.63) is 52.8 Å². The Hall–Kier alpha value is -2.56. The van der Waals surface area contributed by atoms with Crippen LogP contribution in [-0.4, -0.2) is 36.1 Å². The highest BCUT2D eigenvalue weighted by atomic mass is 16.5. The largest absolute Gasteiger partial charge is 0.496 e. The molecule has 0 aliphatic carbocycles. The summed E-state index contributed by atoms with van der Waals surface area (Å²) in [5, 5.41) is 0. The average Bonchev–Trinajstić information content (AvgIpc) is 3.01. The van der Waals surface area contributed by atoms with Crippen molar-refractivity contribution in [2.24, 2.45) is 0 Å². The van der Waals surface area contributed by atoms with Gasteiger partial charge >= 0.3 is 0 Å². The molecule has 0 N–H and O–H groups in total. The summed E-state index contributed by atoms with van der Waals surface area (Å²) in [6.07, 6.45) is 1.93. The van der Waals surface area contributed by atoms with Crippen molar-refractivity contribution in [3.63, 3.8) is 0 Å². The number of pyridine rings is 1. The molecule has 1 aliphatic rings. The fourth-order valence-corrected chi connectivity index (χ4v) is 3.10. The van der Waals surface area contributed by atoms with E-state index in [2.05, 4.69) is 4.98 Å². The number of nitrogens with zero attached hydrogens (tertiary/aromatic N) is 2. The van der Waals surface area contributed by atoms with Crippen molar-refractivity contribution in [2.45, 2.75) is 32.9 Å². The zero-order valence-electron chi connectivity index (χ0n) is 14.5. The molecule has 2 heterocycles. The van der Waals surface area contributed by atoms with E-state index in [0.717, 1.165) is 33.9 Å². The molecule has 0 saturated carbocycles. The minimum Gasteiger partial charge on any atom is -0.496 e. The molecule has 0 bridgehead atoms. The van der Waals surface area contributed by atoms with Gasteiger partial charge in [-0.15, -0.1) is 0 Å². The molecule has 0 radical (unpaired) electrons. The number of ether oxygens (including phenoxy) is 2. The van der Waals surface area contributed by atoms with Crippen molar-refractivity contribution >= 4 is 5.91 Å². The number of carbonyl (C=O) groups is 1. The van der Waals surface area contributed by atoms with Crippen molar-refractivity contribution in [1.29, 1.82) is 0 Å². The highest BCUT2D eigenvalue weighted by Gasteiger charge is 2.31. The van der Waals surface area contributed by atoms with E-state index in [9.17, 15) is 4.79 Å². The number of hydrogen-bond donors (Lipinski definition) is 0. The van der Waals surface area contributed by atoms with Gasteiger partial charge in [0.1, 0.15) is 11.5 Å². The van der Waals surface area contributed by atoms with E-state index < -0.39 is 6.10 Å². The molecule has 1 amide bonds. The van der Waals surface area contributed by atoms with E-state index in [0.29, 0.717) is 13.0 Å².